The number of thioether (sulfide) groups is 2. The molecular weight excluding hydrogens is 212 g/mol. The van der Waals surface area contributed by atoms with Crippen molar-refractivity contribution in [2.75, 3.05) is 12.0 Å². The highest BCUT2D eigenvalue weighted by molar-refractivity contribution is 7.99. The van der Waals surface area contributed by atoms with Crippen LogP contribution in [0.2, 0.25) is 5.15 Å². The summed E-state index contributed by atoms with van der Waals surface area (Å²) in [6.07, 6.45) is 2.98. The number of halogens is 1. The van der Waals surface area contributed by atoms with Gasteiger partial charge in [0.05, 0.1) is 10.6 Å². The highest BCUT2D eigenvalue weighted by atomic mass is 35.5. The number of nitrogens with zero attached hydrogens (tertiary/aromatic N) is 2. The van der Waals surface area contributed by atoms with Crippen molar-refractivity contribution in [2.45, 2.75) is 16.5 Å². The standard InChI is InChI=1S/C7H7ClN2S2/c1-11-7-9-4-2-3-12-5(4)6(8)10-7/h2-3H2,1H3. The van der Waals surface area contributed by atoms with Gasteiger partial charge in [-0.15, -0.1) is 11.8 Å². The van der Waals surface area contributed by atoms with E-state index in [2.05, 4.69) is 9.97 Å². The van der Waals surface area contributed by atoms with Gasteiger partial charge >= 0.3 is 0 Å². The van der Waals surface area contributed by atoms with Gasteiger partial charge < -0.3 is 0 Å². The van der Waals surface area contributed by atoms with E-state index in [1.165, 1.54) is 11.8 Å². The van der Waals surface area contributed by atoms with E-state index in [1.807, 2.05) is 6.26 Å². The van der Waals surface area contributed by atoms with E-state index < -0.39 is 0 Å². The molecule has 0 saturated heterocycles. The summed E-state index contributed by atoms with van der Waals surface area (Å²) in [7, 11) is 0. The zero-order valence-corrected chi connectivity index (χ0v) is 8.89. The van der Waals surface area contributed by atoms with Crippen LogP contribution in [0.15, 0.2) is 10.1 Å². The van der Waals surface area contributed by atoms with Gasteiger partial charge in [0.15, 0.2) is 5.16 Å². The molecule has 0 bridgehead atoms. The first-order chi connectivity index (χ1) is 5.81. The topological polar surface area (TPSA) is 25.8 Å². The molecule has 64 valence electrons. The summed E-state index contributed by atoms with van der Waals surface area (Å²) in [5.74, 6) is 1.08. The van der Waals surface area contributed by atoms with Crippen LogP contribution in [-0.4, -0.2) is 22.0 Å². The van der Waals surface area contributed by atoms with Gasteiger partial charge in [0.1, 0.15) is 5.15 Å². The number of hydrogen-bond donors (Lipinski definition) is 0. The first kappa shape index (κ1) is 8.66. The monoisotopic (exact) mass is 218 g/mol. The van der Waals surface area contributed by atoms with E-state index in [9.17, 15) is 0 Å². The maximum Gasteiger partial charge on any atom is 0.189 e. The van der Waals surface area contributed by atoms with Gasteiger partial charge in [0.25, 0.3) is 0 Å². The molecule has 1 aliphatic rings. The van der Waals surface area contributed by atoms with E-state index in [1.54, 1.807) is 11.8 Å². The van der Waals surface area contributed by atoms with E-state index in [0.717, 1.165) is 27.9 Å². The molecule has 1 aromatic heterocycles. The molecule has 0 saturated carbocycles. The van der Waals surface area contributed by atoms with Crippen molar-refractivity contribution >= 4 is 35.1 Å². The molecule has 1 aromatic rings. The van der Waals surface area contributed by atoms with Crippen molar-refractivity contribution in [3.8, 4) is 0 Å². The van der Waals surface area contributed by atoms with Crippen LogP contribution in [0.1, 0.15) is 5.69 Å². The fourth-order valence-electron chi connectivity index (χ4n) is 1.10. The lowest BCUT2D eigenvalue weighted by molar-refractivity contribution is 0.868. The molecule has 0 fully saturated rings. The van der Waals surface area contributed by atoms with Gasteiger partial charge in [-0.3, -0.25) is 0 Å². The third kappa shape index (κ3) is 1.43. The predicted octanol–water partition coefficient (Wildman–Crippen LogP) is 2.50. The van der Waals surface area contributed by atoms with Crippen LogP contribution in [0, 0.1) is 0 Å². The van der Waals surface area contributed by atoms with E-state index in [0.29, 0.717) is 5.15 Å². The Hall–Kier alpha value is 0.0700. The van der Waals surface area contributed by atoms with Crippen LogP contribution in [-0.2, 0) is 6.42 Å². The second-order valence-corrected chi connectivity index (χ2v) is 4.61. The van der Waals surface area contributed by atoms with E-state index in [-0.39, 0.29) is 0 Å². The Bertz CT molecular complexity index is 317. The minimum atomic E-state index is 0.617. The van der Waals surface area contributed by atoms with Crippen molar-refractivity contribution in [1.82, 2.24) is 9.97 Å². The zero-order chi connectivity index (χ0) is 8.55. The number of rotatable bonds is 1. The van der Waals surface area contributed by atoms with Crippen LogP contribution in [0.25, 0.3) is 0 Å². The fourth-order valence-corrected chi connectivity index (χ4v) is 2.86. The summed E-state index contributed by atoms with van der Waals surface area (Å²) in [4.78, 5) is 9.62. The molecular formula is C7H7ClN2S2. The van der Waals surface area contributed by atoms with Crippen LogP contribution in [0.5, 0.6) is 0 Å². The molecule has 2 rings (SSSR count). The summed E-state index contributed by atoms with van der Waals surface area (Å²) in [5.41, 5.74) is 1.12. The molecule has 0 amide bonds. The first-order valence-corrected chi connectivity index (χ1v) is 6.13. The number of aryl methyl sites for hydroxylation is 1. The minimum absolute atomic E-state index is 0.617. The van der Waals surface area contributed by atoms with Crippen molar-refractivity contribution in [1.29, 1.82) is 0 Å². The van der Waals surface area contributed by atoms with Gasteiger partial charge in [-0.2, -0.15) is 0 Å². The van der Waals surface area contributed by atoms with Crippen LogP contribution >= 0.6 is 35.1 Å². The molecule has 2 heterocycles. The smallest absolute Gasteiger partial charge is 0.189 e. The Morgan fingerprint density at radius 1 is 1.50 bits per heavy atom. The average molecular weight is 219 g/mol. The van der Waals surface area contributed by atoms with Crippen LogP contribution in [0.4, 0.5) is 0 Å². The fraction of sp³-hybridized carbons (Fsp3) is 0.429. The zero-order valence-electron chi connectivity index (χ0n) is 6.50. The maximum absolute atomic E-state index is 5.97. The maximum atomic E-state index is 5.97. The van der Waals surface area contributed by atoms with Crippen LogP contribution < -0.4 is 0 Å². The molecule has 0 atom stereocenters. The summed E-state index contributed by atoms with van der Waals surface area (Å²) < 4.78 is 0. The van der Waals surface area contributed by atoms with Gasteiger partial charge in [-0.05, 0) is 6.26 Å². The summed E-state index contributed by atoms with van der Waals surface area (Å²) in [5, 5.41) is 1.40. The van der Waals surface area contributed by atoms with Crippen LogP contribution in [0.3, 0.4) is 0 Å². The molecule has 1 aliphatic heterocycles. The Kier molecular flexibility index (Phi) is 2.48. The third-order valence-corrected chi connectivity index (χ3v) is 3.70. The minimum Gasteiger partial charge on any atom is -0.226 e. The molecule has 0 aliphatic carbocycles. The molecule has 12 heavy (non-hydrogen) atoms. The lowest BCUT2D eigenvalue weighted by Crippen LogP contribution is -1.93. The molecule has 0 radical (unpaired) electrons. The largest absolute Gasteiger partial charge is 0.226 e. The van der Waals surface area contributed by atoms with Gasteiger partial charge in [-0.1, -0.05) is 23.4 Å². The van der Waals surface area contributed by atoms with Gasteiger partial charge in [0, 0.05) is 12.2 Å². The molecule has 0 spiro atoms. The van der Waals surface area contributed by atoms with Crippen molar-refractivity contribution in [3.63, 3.8) is 0 Å². The second-order valence-electron chi connectivity index (χ2n) is 2.38. The molecule has 0 N–H and O–H groups in total. The van der Waals surface area contributed by atoms with Gasteiger partial charge in [-0.25, -0.2) is 9.97 Å². The molecule has 0 unspecified atom stereocenters. The van der Waals surface area contributed by atoms with Crippen molar-refractivity contribution in [2.24, 2.45) is 0 Å². The molecule has 2 nitrogen and oxygen atoms in total. The summed E-state index contributed by atoms with van der Waals surface area (Å²) >= 11 is 9.25. The second kappa shape index (κ2) is 3.44. The molecule has 5 heteroatoms. The number of aromatic nitrogens is 2. The highest BCUT2D eigenvalue weighted by Gasteiger charge is 2.18. The van der Waals surface area contributed by atoms with Crippen molar-refractivity contribution < 1.29 is 0 Å². The van der Waals surface area contributed by atoms with E-state index in [4.69, 9.17) is 11.6 Å². The van der Waals surface area contributed by atoms with E-state index >= 15 is 0 Å². The Morgan fingerprint density at radius 3 is 3.08 bits per heavy atom. The molecule has 0 aromatic carbocycles. The lowest BCUT2D eigenvalue weighted by atomic mass is 10.3. The third-order valence-electron chi connectivity index (χ3n) is 1.64. The number of fused-ring (bicyclic) bond motifs is 1. The first-order valence-electron chi connectivity index (χ1n) is 3.54. The Balaban J connectivity index is 2.51. The highest BCUT2D eigenvalue weighted by Crippen LogP contribution is 2.35. The Morgan fingerprint density at radius 2 is 2.33 bits per heavy atom. The normalized spacial score (nSPS) is 14.8. The summed E-state index contributed by atoms with van der Waals surface area (Å²) in [6, 6.07) is 0. The number of hydrogen-bond acceptors (Lipinski definition) is 4. The predicted molar refractivity (Wildman–Crippen MR) is 53.3 cm³/mol. The van der Waals surface area contributed by atoms with Crippen molar-refractivity contribution in [3.05, 3.63) is 10.8 Å². The lowest BCUT2D eigenvalue weighted by Gasteiger charge is -2.01. The summed E-state index contributed by atoms with van der Waals surface area (Å²) in [6.45, 7) is 0. The quantitative estimate of drug-likeness (QED) is 0.411. The van der Waals surface area contributed by atoms with Gasteiger partial charge in [0.2, 0.25) is 0 Å². The SMILES string of the molecule is CSc1nc(Cl)c2c(n1)CCS2. The average Bonchev–Trinajstić information content (AvgIpc) is 2.52. The Labute approximate surface area is 84.5 Å².